The van der Waals surface area contributed by atoms with Gasteiger partial charge in [-0.2, -0.15) is 0 Å². The molecule has 0 saturated heterocycles. The van der Waals surface area contributed by atoms with Crippen molar-refractivity contribution in [1.29, 1.82) is 0 Å². The Morgan fingerprint density at radius 1 is 1.27 bits per heavy atom. The second-order valence-corrected chi connectivity index (χ2v) is 4.53. The van der Waals surface area contributed by atoms with Gasteiger partial charge in [0, 0.05) is 11.7 Å². The molecule has 1 aliphatic rings. The molecular weight excluding hydrogens is 182 g/mol. The van der Waals surface area contributed by atoms with Crippen molar-refractivity contribution in [1.82, 2.24) is 0 Å². The van der Waals surface area contributed by atoms with Crippen LogP contribution in [0.15, 0.2) is 24.3 Å². The molecule has 1 aromatic carbocycles. The first-order valence-electron chi connectivity index (χ1n) is 6.24. The van der Waals surface area contributed by atoms with Crippen molar-refractivity contribution < 1.29 is 0 Å². The Morgan fingerprint density at radius 2 is 2.13 bits per heavy atom. The normalized spacial score (nSPS) is 19.4. The number of hydrogen-bond acceptors (Lipinski definition) is 1. The zero-order chi connectivity index (χ0) is 10.5. The standard InChI is InChI=1S/C14H21N/c1-2-3-4-8-13-11-10-12-7-5-6-9-14(12)15-13/h5-7,9,13,15H,2-4,8,10-11H2,1H3. The van der Waals surface area contributed by atoms with E-state index in [0.29, 0.717) is 6.04 Å². The minimum atomic E-state index is 0.714. The third kappa shape index (κ3) is 2.74. The van der Waals surface area contributed by atoms with Gasteiger partial charge in [0.15, 0.2) is 0 Å². The summed E-state index contributed by atoms with van der Waals surface area (Å²) in [7, 11) is 0. The maximum Gasteiger partial charge on any atom is 0.0374 e. The Kier molecular flexibility index (Phi) is 3.65. The molecule has 1 nitrogen and oxygen atoms in total. The van der Waals surface area contributed by atoms with Gasteiger partial charge in [0.05, 0.1) is 0 Å². The van der Waals surface area contributed by atoms with Gasteiger partial charge in [0.25, 0.3) is 0 Å². The Bertz CT molecular complexity index is 306. The molecule has 1 aromatic rings. The zero-order valence-electron chi connectivity index (χ0n) is 9.63. The minimum absolute atomic E-state index is 0.714. The summed E-state index contributed by atoms with van der Waals surface area (Å²) in [6, 6.07) is 9.43. The summed E-state index contributed by atoms with van der Waals surface area (Å²) in [5.74, 6) is 0. The highest BCUT2D eigenvalue weighted by Gasteiger charge is 2.15. The molecular formula is C14H21N. The first-order valence-corrected chi connectivity index (χ1v) is 6.24. The zero-order valence-corrected chi connectivity index (χ0v) is 9.63. The number of unbranched alkanes of at least 4 members (excludes halogenated alkanes) is 2. The Balaban J connectivity index is 1.88. The van der Waals surface area contributed by atoms with E-state index in [1.54, 1.807) is 0 Å². The average molecular weight is 203 g/mol. The van der Waals surface area contributed by atoms with Gasteiger partial charge < -0.3 is 5.32 Å². The summed E-state index contributed by atoms with van der Waals surface area (Å²) in [5.41, 5.74) is 2.86. The molecule has 1 aliphatic heterocycles. The Morgan fingerprint density at radius 3 is 3.00 bits per heavy atom. The molecule has 2 rings (SSSR count). The van der Waals surface area contributed by atoms with Gasteiger partial charge in [-0.15, -0.1) is 0 Å². The molecule has 82 valence electrons. The molecule has 0 spiro atoms. The molecule has 1 heteroatoms. The smallest absolute Gasteiger partial charge is 0.0374 e. The predicted octanol–water partition coefficient (Wildman–Crippen LogP) is 3.99. The van der Waals surface area contributed by atoms with Crippen LogP contribution in [0.3, 0.4) is 0 Å². The summed E-state index contributed by atoms with van der Waals surface area (Å²) in [6.07, 6.45) is 7.96. The van der Waals surface area contributed by atoms with Crippen molar-refractivity contribution in [3.8, 4) is 0 Å². The molecule has 0 saturated carbocycles. The number of nitrogens with one attached hydrogen (secondary N) is 1. The first kappa shape index (κ1) is 10.5. The molecule has 0 fully saturated rings. The number of para-hydroxylation sites is 1. The van der Waals surface area contributed by atoms with Crippen LogP contribution >= 0.6 is 0 Å². The van der Waals surface area contributed by atoms with Crippen LogP contribution in [0.5, 0.6) is 0 Å². The number of aryl methyl sites for hydroxylation is 1. The van der Waals surface area contributed by atoms with Crippen molar-refractivity contribution in [2.24, 2.45) is 0 Å². The number of fused-ring (bicyclic) bond motifs is 1. The van der Waals surface area contributed by atoms with Gasteiger partial charge in [-0.3, -0.25) is 0 Å². The maximum absolute atomic E-state index is 3.66. The van der Waals surface area contributed by atoms with Gasteiger partial charge in [-0.25, -0.2) is 0 Å². The van der Waals surface area contributed by atoms with Gasteiger partial charge in [-0.1, -0.05) is 44.4 Å². The van der Waals surface area contributed by atoms with Crippen LogP contribution in [0.2, 0.25) is 0 Å². The molecule has 1 heterocycles. The first-order chi connectivity index (χ1) is 7.40. The molecule has 15 heavy (non-hydrogen) atoms. The lowest BCUT2D eigenvalue weighted by Crippen LogP contribution is -2.25. The lowest BCUT2D eigenvalue weighted by atomic mass is 9.95. The van der Waals surface area contributed by atoms with Crippen LogP contribution in [-0.4, -0.2) is 6.04 Å². The third-order valence-electron chi connectivity index (χ3n) is 3.30. The van der Waals surface area contributed by atoms with Gasteiger partial charge in [-0.05, 0) is 30.9 Å². The molecule has 0 amide bonds. The molecule has 1 atom stereocenters. The number of hydrogen-bond donors (Lipinski definition) is 1. The molecule has 1 N–H and O–H groups in total. The van der Waals surface area contributed by atoms with E-state index < -0.39 is 0 Å². The van der Waals surface area contributed by atoms with Crippen molar-refractivity contribution in [2.45, 2.75) is 51.5 Å². The predicted molar refractivity (Wildman–Crippen MR) is 66.3 cm³/mol. The van der Waals surface area contributed by atoms with E-state index in [4.69, 9.17) is 0 Å². The number of benzene rings is 1. The van der Waals surface area contributed by atoms with Gasteiger partial charge in [0.2, 0.25) is 0 Å². The highest BCUT2D eigenvalue weighted by molar-refractivity contribution is 5.53. The third-order valence-corrected chi connectivity index (χ3v) is 3.30. The van der Waals surface area contributed by atoms with Crippen molar-refractivity contribution in [2.75, 3.05) is 5.32 Å². The largest absolute Gasteiger partial charge is 0.382 e. The Labute approximate surface area is 92.9 Å². The van der Waals surface area contributed by atoms with Gasteiger partial charge >= 0.3 is 0 Å². The summed E-state index contributed by atoms with van der Waals surface area (Å²) in [6.45, 7) is 2.27. The molecule has 0 bridgehead atoms. The maximum atomic E-state index is 3.66. The summed E-state index contributed by atoms with van der Waals surface area (Å²) in [4.78, 5) is 0. The van der Waals surface area contributed by atoms with E-state index in [9.17, 15) is 0 Å². The van der Waals surface area contributed by atoms with E-state index >= 15 is 0 Å². The van der Waals surface area contributed by atoms with E-state index in [0.717, 1.165) is 0 Å². The van der Waals surface area contributed by atoms with Crippen molar-refractivity contribution in [3.05, 3.63) is 29.8 Å². The minimum Gasteiger partial charge on any atom is -0.382 e. The van der Waals surface area contributed by atoms with Crippen molar-refractivity contribution in [3.63, 3.8) is 0 Å². The lowest BCUT2D eigenvalue weighted by Gasteiger charge is -2.27. The SMILES string of the molecule is CCCCCC1CCc2ccccc2N1. The van der Waals surface area contributed by atoms with Crippen LogP contribution < -0.4 is 5.32 Å². The molecule has 0 radical (unpaired) electrons. The van der Waals surface area contributed by atoms with E-state index in [1.807, 2.05) is 0 Å². The lowest BCUT2D eigenvalue weighted by molar-refractivity contribution is 0.545. The van der Waals surface area contributed by atoms with E-state index in [2.05, 4.69) is 36.5 Å². The van der Waals surface area contributed by atoms with Gasteiger partial charge in [0.1, 0.15) is 0 Å². The quantitative estimate of drug-likeness (QED) is 0.729. The highest BCUT2D eigenvalue weighted by Crippen LogP contribution is 2.26. The highest BCUT2D eigenvalue weighted by atomic mass is 14.9. The second-order valence-electron chi connectivity index (χ2n) is 4.53. The van der Waals surface area contributed by atoms with E-state index in [-0.39, 0.29) is 0 Å². The summed E-state index contributed by atoms with van der Waals surface area (Å²) >= 11 is 0. The van der Waals surface area contributed by atoms with Crippen LogP contribution in [0.25, 0.3) is 0 Å². The van der Waals surface area contributed by atoms with Crippen LogP contribution in [0.1, 0.15) is 44.6 Å². The number of rotatable bonds is 4. The monoisotopic (exact) mass is 203 g/mol. The number of anilines is 1. The Hall–Kier alpha value is -0.980. The second kappa shape index (κ2) is 5.20. The van der Waals surface area contributed by atoms with Crippen LogP contribution in [-0.2, 0) is 6.42 Å². The topological polar surface area (TPSA) is 12.0 Å². The van der Waals surface area contributed by atoms with Crippen LogP contribution in [0.4, 0.5) is 5.69 Å². The molecule has 1 unspecified atom stereocenters. The van der Waals surface area contributed by atoms with E-state index in [1.165, 1.54) is 49.8 Å². The molecule has 0 aromatic heterocycles. The summed E-state index contributed by atoms with van der Waals surface area (Å²) in [5, 5.41) is 3.66. The molecule has 0 aliphatic carbocycles. The fraction of sp³-hybridized carbons (Fsp3) is 0.571. The van der Waals surface area contributed by atoms with Crippen molar-refractivity contribution >= 4 is 5.69 Å². The average Bonchev–Trinajstić information content (AvgIpc) is 2.29. The fourth-order valence-electron chi connectivity index (χ4n) is 2.36. The van der Waals surface area contributed by atoms with Crippen LogP contribution in [0, 0.1) is 0 Å². The summed E-state index contributed by atoms with van der Waals surface area (Å²) < 4.78 is 0. The fourth-order valence-corrected chi connectivity index (χ4v) is 2.36.